The Morgan fingerprint density at radius 3 is 2.70 bits per heavy atom. The highest BCUT2D eigenvalue weighted by Gasteiger charge is 2.30. The lowest BCUT2D eigenvalue weighted by Crippen LogP contribution is -2.40. The summed E-state index contributed by atoms with van der Waals surface area (Å²) in [5, 5.41) is 6.60. The first-order chi connectivity index (χ1) is 17.6. The molecule has 0 spiro atoms. The average molecular weight is 511 g/mol. The Kier molecular flexibility index (Phi) is 6.13. The number of hydrogen-bond donors (Lipinski definition) is 1. The molecule has 1 saturated heterocycles. The Bertz CT molecular complexity index is 1590. The number of piperidine rings is 1. The second-order valence-corrected chi connectivity index (χ2v) is 9.54. The lowest BCUT2D eigenvalue weighted by Gasteiger charge is -2.34. The molecule has 5 heterocycles. The summed E-state index contributed by atoms with van der Waals surface area (Å²) in [6, 6.07) is 6.89. The number of alkyl halides is 1. The number of rotatable bonds is 6. The van der Waals surface area contributed by atoms with Gasteiger partial charge in [-0.3, -0.25) is 18.7 Å². The quantitative estimate of drug-likeness (QED) is 0.414. The summed E-state index contributed by atoms with van der Waals surface area (Å²) in [5.41, 5.74) is -1.61. The van der Waals surface area contributed by atoms with Crippen LogP contribution in [0.3, 0.4) is 0 Å². The van der Waals surface area contributed by atoms with Crippen molar-refractivity contribution in [3.05, 3.63) is 62.9 Å². The number of nitrogens with zero attached hydrogens (tertiary/aromatic N) is 7. The molecule has 0 radical (unpaired) electrons. The molecule has 1 N–H and O–H groups in total. The van der Waals surface area contributed by atoms with Crippen LogP contribution in [0.1, 0.15) is 31.2 Å². The van der Waals surface area contributed by atoms with Crippen LogP contribution in [0.5, 0.6) is 0 Å². The van der Waals surface area contributed by atoms with Gasteiger partial charge in [-0.1, -0.05) is 11.2 Å². The van der Waals surface area contributed by atoms with Gasteiger partial charge in [-0.25, -0.2) is 19.2 Å². The summed E-state index contributed by atoms with van der Waals surface area (Å²) >= 11 is 0. The van der Waals surface area contributed by atoms with E-state index in [1.54, 1.807) is 32.0 Å². The minimum atomic E-state index is -1.17. The molecule has 0 aliphatic carbocycles. The number of anilines is 2. The van der Waals surface area contributed by atoms with Gasteiger partial charge in [-0.2, -0.15) is 0 Å². The van der Waals surface area contributed by atoms with Gasteiger partial charge in [-0.15, -0.1) is 0 Å². The van der Waals surface area contributed by atoms with Crippen molar-refractivity contribution in [3.63, 3.8) is 0 Å². The average Bonchev–Trinajstić information content (AvgIpc) is 3.46. The fourth-order valence-electron chi connectivity index (χ4n) is 4.44. The number of imidazole rings is 1. The maximum absolute atomic E-state index is 14.2. The molecule has 194 valence electrons. The highest BCUT2D eigenvalue weighted by Crippen LogP contribution is 2.28. The minimum absolute atomic E-state index is 0.0784. The van der Waals surface area contributed by atoms with Gasteiger partial charge in [0.2, 0.25) is 5.91 Å². The molecule has 4 aromatic rings. The van der Waals surface area contributed by atoms with E-state index in [0.717, 1.165) is 4.57 Å². The summed E-state index contributed by atoms with van der Waals surface area (Å²) in [6.07, 6.45) is 2.17. The van der Waals surface area contributed by atoms with E-state index in [0.29, 0.717) is 49.0 Å². The summed E-state index contributed by atoms with van der Waals surface area (Å²) in [5.74, 6) is 1.13. The van der Waals surface area contributed by atoms with Gasteiger partial charge in [0.05, 0.1) is 12.9 Å². The molecule has 4 aromatic heterocycles. The molecule has 5 rings (SSSR count). The first-order valence-corrected chi connectivity index (χ1v) is 11.9. The molecule has 0 atom stereocenters. The van der Waals surface area contributed by atoms with Crippen LogP contribution in [-0.2, 0) is 24.9 Å². The Morgan fingerprint density at radius 2 is 2.00 bits per heavy atom. The number of pyridine rings is 1. The molecule has 0 bridgehead atoms. The van der Waals surface area contributed by atoms with Gasteiger partial charge < -0.3 is 19.3 Å². The largest absolute Gasteiger partial charge is 0.361 e. The van der Waals surface area contributed by atoms with E-state index in [9.17, 15) is 18.8 Å². The standard InChI is InChI=1S/C24H27FN8O4/c1-15-11-16(29-37-15)12-33-22(35)20-21(30(3)23(33)36)26-14-32(20)13-19(34)28-17-5-4-6-18(27-17)31-9-7-24(2,25)8-10-31/h4-6,11,14H,7-10,12-13H2,1-3H3,(H,27,28,34). The second kappa shape index (κ2) is 9.30. The highest BCUT2D eigenvalue weighted by atomic mass is 19.1. The van der Waals surface area contributed by atoms with Gasteiger partial charge in [-0.05, 0) is 38.8 Å². The van der Waals surface area contributed by atoms with E-state index in [2.05, 4.69) is 20.4 Å². The molecule has 1 fully saturated rings. The maximum atomic E-state index is 14.2. The molecule has 0 unspecified atom stereocenters. The van der Waals surface area contributed by atoms with Crippen molar-refractivity contribution in [1.29, 1.82) is 0 Å². The first-order valence-electron chi connectivity index (χ1n) is 11.9. The van der Waals surface area contributed by atoms with E-state index in [4.69, 9.17) is 4.52 Å². The fraction of sp³-hybridized carbons (Fsp3) is 0.417. The Balaban J connectivity index is 1.37. The van der Waals surface area contributed by atoms with Gasteiger partial charge in [0.15, 0.2) is 11.2 Å². The molecular formula is C24H27FN8O4. The number of aryl methyl sites for hydroxylation is 2. The van der Waals surface area contributed by atoms with E-state index < -0.39 is 22.8 Å². The highest BCUT2D eigenvalue weighted by molar-refractivity contribution is 5.90. The van der Waals surface area contributed by atoms with Crippen molar-refractivity contribution in [3.8, 4) is 0 Å². The summed E-state index contributed by atoms with van der Waals surface area (Å²) in [4.78, 5) is 49.6. The third-order valence-electron chi connectivity index (χ3n) is 6.54. The monoisotopic (exact) mass is 510 g/mol. The number of halogens is 1. The van der Waals surface area contributed by atoms with Crippen molar-refractivity contribution < 1.29 is 13.7 Å². The third kappa shape index (κ3) is 4.88. The van der Waals surface area contributed by atoms with Crippen molar-refractivity contribution in [2.24, 2.45) is 7.05 Å². The molecule has 37 heavy (non-hydrogen) atoms. The normalized spacial score (nSPS) is 15.3. The van der Waals surface area contributed by atoms with Gasteiger partial charge in [0.1, 0.15) is 35.3 Å². The Morgan fingerprint density at radius 1 is 1.24 bits per heavy atom. The van der Waals surface area contributed by atoms with Crippen LogP contribution in [0.25, 0.3) is 11.2 Å². The molecule has 13 heteroatoms. The lowest BCUT2D eigenvalue weighted by molar-refractivity contribution is -0.116. The number of aromatic nitrogens is 6. The van der Waals surface area contributed by atoms with E-state index in [-0.39, 0.29) is 24.3 Å². The predicted molar refractivity (Wildman–Crippen MR) is 133 cm³/mol. The van der Waals surface area contributed by atoms with Crippen LogP contribution >= 0.6 is 0 Å². The summed E-state index contributed by atoms with van der Waals surface area (Å²) in [6.45, 7) is 4.10. The van der Waals surface area contributed by atoms with E-state index in [1.165, 1.54) is 22.5 Å². The van der Waals surface area contributed by atoms with Crippen LogP contribution in [0.2, 0.25) is 0 Å². The first kappa shape index (κ1) is 24.4. The number of carbonyl (C=O) groups is 1. The van der Waals surface area contributed by atoms with E-state index >= 15 is 0 Å². The van der Waals surface area contributed by atoms with Crippen molar-refractivity contribution in [1.82, 2.24) is 28.8 Å². The van der Waals surface area contributed by atoms with E-state index in [1.807, 2.05) is 11.0 Å². The number of carbonyl (C=O) groups excluding carboxylic acids is 1. The zero-order valence-electron chi connectivity index (χ0n) is 20.8. The summed E-state index contributed by atoms with van der Waals surface area (Å²) in [7, 11) is 1.51. The van der Waals surface area contributed by atoms with Crippen molar-refractivity contribution in [2.45, 2.75) is 45.4 Å². The maximum Gasteiger partial charge on any atom is 0.332 e. The van der Waals surface area contributed by atoms with Gasteiger partial charge in [0.25, 0.3) is 5.56 Å². The topological polar surface area (TPSA) is 133 Å². The van der Waals surface area contributed by atoms with Crippen LogP contribution in [-0.4, -0.2) is 53.5 Å². The van der Waals surface area contributed by atoms with Crippen molar-refractivity contribution in [2.75, 3.05) is 23.3 Å². The van der Waals surface area contributed by atoms with Crippen LogP contribution in [0.15, 0.2) is 44.7 Å². The van der Waals surface area contributed by atoms with Gasteiger partial charge in [0, 0.05) is 26.2 Å². The second-order valence-electron chi connectivity index (χ2n) is 9.54. The fourth-order valence-corrected chi connectivity index (χ4v) is 4.44. The van der Waals surface area contributed by atoms with Crippen molar-refractivity contribution >= 4 is 28.7 Å². The molecule has 1 amide bonds. The molecule has 0 saturated carbocycles. The zero-order chi connectivity index (χ0) is 26.3. The number of fused-ring (bicyclic) bond motifs is 1. The predicted octanol–water partition coefficient (Wildman–Crippen LogP) is 1.60. The number of hydrogen-bond acceptors (Lipinski definition) is 8. The Hall–Kier alpha value is -4.29. The minimum Gasteiger partial charge on any atom is -0.361 e. The zero-order valence-corrected chi connectivity index (χ0v) is 20.8. The lowest BCUT2D eigenvalue weighted by atomic mass is 9.96. The molecule has 0 aromatic carbocycles. The smallest absolute Gasteiger partial charge is 0.332 e. The molecule has 12 nitrogen and oxygen atoms in total. The number of amides is 1. The van der Waals surface area contributed by atoms with Gasteiger partial charge >= 0.3 is 5.69 Å². The molecule has 1 aliphatic rings. The van der Waals surface area contributed by atoms with Crippen LogP contribution in [0.4, 0.5) is 16.0 Å². The Labute approximate surface area is 210 Å². The number of nitrogens with one attached hydrogen (secondary N) is 1. The SMILES string of the molecule is Cc1cc(Cn2c(=O)c3c(ncn3CC(=O)Nc3cccc(N4CCC(C)(F)CC4)n3)n(C)c2=O)no1. The summed E-state index contributed by atoms with van der Waals surface area (Å²) < 4.78 is 22.9. The van der Waals surface area contributed by atoms with Crippen LogP contribution in [0, 0.1) is 6.92 Å². The molecule has 1 aliphatic heterocycles. The third-order valence-corrected chi connectivity index (χ3v) is 6.54. The molecular weight excluding hydrogens is 483 g/mol. The van der Waals surface area contributed by atoms with Crippen LogP contribution < -0.4 is 21.5 Å².